The molecule has 0 radical (unpaired) electrons. The third kappa shape index (κ3) is 1.29. The number of phenolic OH excluding ortho intramolecular Hbond substituents is 1. The molecule has 58 valence electrons. The summed E-state index contributed by atoms with van der Waals surface area (Å²) >= 11 is 0. The van der Waals surface area contributed by atoms with Crippen molar-refractivity contribution in [2.24, 2.45) is 0 Å². The number of nitrogens with zero attached hydrogens (tertiary/aromatic N) is 1. The fraction of sp³-hybridized carbons (Fsp3) is 0. The predicted molar refractivity (Wildman–Crippen MR) is 52.0 cm³/mol. The Labute approximate surface area is 74.1 Å². The fourth-order valence-corrected chi connectivity index (χ4v) is 1.09. The van der Waals surface area contributed by atoms with Gasteiger partial charge in [0.05, 0.1) is 0 Å². The van der Waals surface area contributed by atoms with E-state index in [0.717, 1.165) is 5.39 Å². The molecule has 1 heterocycles. The van der Waals surface area contributed by atoms with Crippen LogP contribution in [0.2, 0.25) is 0 Å². The van der Waals surface area contributed by atoms with Crippen LogP contribution in [0.5, 0.6) is 5.75 Å². The van der Waals surface area contributed by atoms with E-state index in [-0.39, 0.29) is 15.9 Å². The molecule has 0 spiro atoms. The topological polar surface area (TPSA) is 33.1 Å². The standard InChI is InChI=1S/C9H7NO.Be.2H/c11-8-5-1-3-7-4-2-6-10-9(7)8;;;/h1-6,11H;;;. The fourth-order valence-electron chi connectivity index (χ4n) is 1.09. The van der Waals surface area contributed by atoms with Gasteiger partial charge in [0.15, 0.2) is 0 Å². The van der Waals surface area contributed by atoms with E-state index in [1.165, 1.54) is 0 Å². The van der Waals surface area contributed by atoms with E-state index in [9.17, 15) is 5.11 Å². The summed E-state index contributed by atoms with van der Waals surface area (Å²) in [6.45, 7) is 0. The van der Waals surface area contributed by atoms with Crippen LogP contribution in [-0.4, -0.2) is 20.2 Å². The Balaban J connectivity index is 0.000000720. The molecule has 0 fully saturated rings. The third-order valence-corrected chi connectivity index (χ3v) is 1.61. The molecule has 1 N–H and O–H groups in total. The third-order valence-electron chi connectivity index (χ3n) is 1.61. The Bertz CT molecular complexity index is 384. The zero-order chi connectivity index (χ0) is 7.68. The van der Waals surface area contributed by atoms with E-state index in [1.54, 1.807) is 18.3 Å². The molecule has 1 aromatic carbocycles. The van der Waals surface area contributed by atoms with Crippen LogP contribution in [0.25, 0.3) is 10.9 Å². The first kappa shape index (κ1) is 8.69. The van der Waals surface area contributed by atoms with Gasteiger partial charge in [-0.15, -0.1) is 0 Å². The van der Waals surface area contributed by atoms with Gasteiger partial charge < -0.3 is 5.11 Å². The number of aromatic nitrogens is 1. The number of para-hydroxylation sites is 1. The van der Waals surface area contributed by atoms with Gasteiger partial charge in [-0.25, -0.2) is 0 Å². The SMILES string of the molecule is Oc1cccc2cccnc12.[BeH2]. The van der Waals surface area contributed by atoms with Crippen LogP contribution >= 0.6 is 0 Å². The van der Waals surface area contributed by atoms with Crippen molar-refractivity contribution in [2.45, 2.75) is 0 Å². The van der Waals surface area contributed by atoms with Gasteiger partial charge in [0, 0.05) is 11.6 Å². The molecule has 1 aromatic heterocycles. The van der Waals surface area contributed by atoms with Gasteiger partial charge in [0.1, 0.15) is 11.3 Å². The normalized spacial score (nSPS) is 9.33. The van der Waals surface area contributed by atoms with Gasteiger partial charge in [-0.1, -0.05) is 18.2 Å². The zero-order valence-electron chi connectivity index (χ0n) is 5.86. The van der Waals surface area contributed by atoms with E-state index in [2.05, 4.69) is 4.98 Å². The second-order valence-corrected chi connectivity index (χ2v) is 2.35. The van der Waals surface area contributed by atoms with E-state index < -0.39 is 0 Å². The molecular formula is C9H9BeNO. The summed E-state index contributed by atoms with van der Waals surface area (Å²) in [5.41, 5.74) is 0.662. The number of hydrogen-bond acceptors (Lipinski definition) is 2. The first-order valence-electron chi connectivity index (χ1n) is 3.40. The quantitative estimate of drug-likeness (QED) is 0.578. The van der Waals surface area contributed by atoms with E-state index in [1.807, 2.05) is 18.2 Å². The molecular weight excluding hydrogens is 147 g/mol. The van der Waals surface area contributed by atoms with Gasteiger partial charge in [0.25, 0.3) is 0 Å². The molecule has 0 saturated carbocycles. The second kappa shape index (κ2) is 3.33. The maximum absolute atomic E-state index is 9.31. The number of hydrogen-bond donors (Lipinski definition) is 1. The minimum atomic E-state index is 0. The second-order valence-electron chi connectivity index (χ2n) is 2.35. The molecule has 0 amide bonds. The summed E-state index contributed by atoms with van der Waals surface area (Å²) in [4.78, 5) is 4.03. The molecule has 2 aromatic rings. The predicted octanol–water partition coefficient (Wildman–Crippen LogP) is 1.02. The zero-order valence-corrected chi connectivity index (χ0v) is 5.86. The van der Waals surface area contributed by atoms with Gasteiger partial charge in [-0.05, 0) is 12.1 Å². The summed E-state index contributed by atoms with van der Waals surface area (Å²) in [5, 5.41) is 10.3. The Hall–Kier alpha value is -1.40. The summed E-state index contributed by atoms with van der Waals surface area (Å²) < 4.78 is 0. The van der Waals surface area contributed by atoms with Crippen molar-refractivity contribution in [3.05, 3.63) is 36.5 Å². The van der Waals surface area contributed by atoms with Gasteiger partial charge in [-0.2, -0.15) is 0 Å². The molecule has 0 aliphatic carbocycles. The summed E-state index contributed by atoms with van der Waals surface area (Å²) in [5.74, 6) is 0.239. The van der Waals surface area contributed by atoms with Crippen molar-refractivity contribution in [3.8, 4) is 5.75 Å². The summed E-state index contributed by atoms with van der Waals surface area (Å²) in [6.07, 6.45) is 1.67. The number of phenols is 1. The molecule has 3 heteroatoms. The Morgan fingerprint density at radius 2 is 1.83 bits per heavy atom. The Morgan fingerprint density at radius 3 is 2.58 bits per heavy atom. The molecule has 2 nitrogen and oxygen atoms in total. The molecule has 0 atom stereocenters. The number of fused-ring (bicyclic) bond motifs is 1. The van der Waals surface area contributed by atoms with Crippen molar-refractivity contribution < 1.29 is 5.11 Å². The van der Waals surface area contributed by atoms with Crippen LogP contribution in [0.3, 0.4) is 0 Å². The number of rotatable bonds is 0. The van der Waals surface area contributed by atoms with Crippen LogP contribution in [0.15, 0.2) is 36.5 Å². The van der Waals surface area contributed by atoms with Crippen molar-refractivity contribution in [1.82, 2.24) is 4.98 Å². The number of pyridine rings is 1. The monoisotopic (exact) mass is 156 g/mol. The first-order chi connectivity index (χ1) is 5.38. The molecule has 0 aliphatic heterocycles. The molecule has 0 unspecified atom stereocenters. The van der Waals surface area contributed by atoms with Crippen LogP contribution in [-0.2, 0) is 0 Å². The molecule has 0 bridgehead atoms. The molecule has 12 heavy (non-hydrogen) atoms. The number of aromatic hydroxyl groups is 1. The van der Waals surface area contributed by atoms with Crippen molar-refractivity contribution in [1.29, 1.82) is 0 Å². The molecule has 2 rings (SSSR count). The minimum absolute atomic E-state index is 0. The average molecular weight is 156 g/mol. The van der Waals surface area contributed by atoms with Crippen molar-refractivity contribution >= 4 is 21.0 Å². The summed E-state index contributed by atoms with van der Waals surface area (Å²) in [6, 6.07) is 9.13. The maximum atomic E-state index is 9.31. The van der Waals surface area contributed by atoms with Gasteiger partial charge in [-0.3, -0.25) is 4.98 Å². The van der Waals surface area contributed by atoms with E-state index >= 15 is 0 Å². The van der Waals surface area contributed by atoms with Crippen LogP contribution in [0.4, 0.5) is 0 Å². The van der Waals surface area contributed by atoms with Crippen LogP contribution < -0.4 is 0 Å². The van der Waals surface area contributed by atoms with Gasteiger partial charge >= 0.3 is 10.1 Å². The Kier molecular flexibility index (Phi) is 2.41. The van der Waals surface area contributed by atoms with E-state index in [4.69, 9.17) is 0 Å². The summed E-state index contributed by atoms with van der Waals surface area (Å²) in [7, 11) is 0. The van der Waals surface area contributed by atoms with E-state index in [0.29, 0.717) is 5.52 Å². The molecule has 0 saturated heterocycles. The number of benzene rings is 1. The first-order valence-corrected chi connectivity index (χ1v) is 3.40. The molecule has 0 aliphatic rings. The van der Waals surface area contributed by atoms with Crippen LogP contribution in [0, 0.1) is 0 Å². The van der Waals surface area contributed by atoms with Crippen molar-refractivity contribution in [2.75, 3.05) is 0 Å². The van der Waals surface area contributed by atoms with Gasteiger partial charge in [0.2, 0.25) is 0 Å². The average Bonchev–Trinajstić information content (AvgIpc) is 2.06. The van der Waals surface area contributed by atoms with Crippen LogP contribution in [0.1, 0.15) is 0 Å². The van der Waals surface area contributed by atoms with Crippen molar-refractivity contribution in [3.63, 3.8) is 0 Å². The Morgan fingerprint density at radius 1 is 1.08 bits per heavy atom.